The Labute approximate surface area is 121 Å². The second kappa shape index (κ2) is 6.27. The number of hydrogen-bond acceptors (Lipinski definition) is 3. The van der Waals surface area contributed by atoms with Crippen LogP contribution in [-0.2, 0) is 4.79 Å². The Morgan fingerprint density at radius 2 is 2.25 bits per heavy atom. The van der Waals surface area contributed by atoms with Crippen molar-refractivity contribution in [2.45, 2.75) is 32.2 Å². The Bertz CT molecular complexity index is 475. The van der Waals surface area contributed by atoms with Crippen molar-refractivity contribution in [2.24, 2.45) is 5.92 Å². The SMILES string of the molecule is CC(C(=O)NC1CCN(C)CC1C)c1cccc(N)c1. The van der Waals surface area contributed by atoms with Gasteiger partial charge in [0.2, 0.25) is 5.91 Å². The number of hydrogen-bond donors (Lipinski definition) is 2. The van der Waals surface area contributed by atoms with Crippen LogP contribution in [0.4, 0.5) is 5.69 Å². The second-order valence-corrected chi connectivity index (χ2v) is 6.04. The van der Waals surface area contributed by atoms with E-state index in [1.807, 2.05) is 31.2 Å². The van der Waals surface area contributed by atoms with Crippen LogP contribution >= 0.6 is 0 Å². The van der Waals surface area contributed by atoms with Crippen LogP contribution in [0.3, 0.4) is 0 Å². The molecule has 3 unspecified atom stereocenters. The van der Waals surface area contributed by atoms with Crippen LogP contribution in [0.1, 0.15) is 31.7 Å². The molecule has 0 saturated carbocycles. The largest absolute Gasteiger partial charge is 0.399 e. The van der Waals surface area contributed by atoms with Gasteiger partial charge in [0.25, 0.3) is 0 Å². The van der Waals surface area contributed by atoms with Gasteiger partial charge in [-0.25, -0.2) is 0 Å². The first kappa shape index (κ1) is 14.9. The molecule has 110 valence electrons. The normalized spacial score (nSPS) is 25.1. The highest BCUT2D eigenvalue weighted by molar-refractivity contribution is 5.83. The highest BCUT2D eigenvalue weighted by Gasteiger charge is 2.27. The summed E-state index contributed by atoms with van der Waals surface area (Å²) in [4.78, 5) is 14.7. The number of amides is 1. The van der Waals surface area contributed by atoms with E-state index in [9.17, 15) is 4.79 Å². The van der Waals surface area contributed by atoms with Crippen molar-refractivity contribution in [3.05, 3.63) is 29.8 Å². The van der Waals surface area contributed by atoms with E-state index in [1.165, 1.54) is 0 Å². The van der Waals surface area contributed by atoms with Gasteiger partial charge in [-0.05, 0) is 50.6 Å². The summed E-state index contributed by atoms with van der Waals surface area (Å²) in [5, 5.41) is 3.20. The molecular weight excluding hydrogens is 250 g/mol. The summed E-state index contributed by atoms with van der Waals surface area (Å²) in [7, 11) is 2.13. The maximum atomic E-state index is 12.4. The molecule has 20 heavy (non-hydrogen) atoms. The fraction of sp³-hybridized carbons (Fsp3) is 0.562. The van der Waals surface area contributed by atoms with Gasteiger partial charge in [-0.2, -0.15) is 0 Å². The van der Waals surface area contributed by atoms with Gasteiger partial charge in [0.15, 0.2) is 0 Å². The van der Waals surface area contributed by atoms with E-state index in [2.05, 4.69) is 24.2 Å². The topological polar surface area (TPSA) is 58.4 Å². The highest BCUT2D eigenvalue weighted by Crippen LogP contribution is 2.20. The van der Waals surface area contributed by atoms with E-state index in [4.69, 9.17) is 5.73 Å². The lowest BCUT2D eigenvalue weighted by atomic mass is 9.92. The molecule has 4 nitrogen and oxygen atoms in total. The Balaban J connectivity index is 1.97. The van der Waals surface area contributed by atoms with Crippen LogP contribution < -0.4 is 11.1 Å². The van der Waals surface area contributed by atoms with Crippen LogP contribution in [0.15, 0.2) is 24.3 Å². The molecule has 1 saturated heterocycles. The summed E-state index contributed by atoms with van der Waals surface area (Å²) >= 11 is 0. The summed E-state index contributed by atoms with van der Waals surface area (Å²) in [5.41, 5.74) is 7.46. The number of nitrogens with zero attached hydrogens (tertiary/aromatic N) is 1. The molecule has 1 aromatic carbocycles. The number of benzene rings is 1. The Morgan fingerprint density at radius 1 is 1.50 bits per heavy atom. The number of nitrogen functional groups attached to an aromatic ring is 1. The van der Waals surface area contributed by atoms with Crippen molar-refractivity contribution in [3.63, 3.8) is 0 Å². The summed E-state index contributed by atoms with van der Waals surface area (Å²) in [5.74, 6) is 0.424. The zero-order valence-electron chi connectivity index (χ0n) is 12.6. The van der Waals surface area contributed by atoms with Gasteiger partial charge in [-0.15, -0.1) is 0 Å². The Kier molecular flexibility index (Phi) is 4.65. The van der Waals surface area contributed by atoms with Crippen LogP contribution in [0.5, 0.6) is 0 Å². The summed E-state index contributed by atoms with van der Waals surface area (Å²) in [6.45, 7) is 6.22. The fourth-order valence-corrected chi connectivity index (χ4v) is 2.86. The van der Waals surface area contributed by atoms with Crippen molar-refractivity contribution >= 4 is 11.6 Å². The molecule has 1 aromatic rings. The molecule has 1 fully saturated rings. The minimum Gasteiger partial charge on any atom is -0.399 e. The fourth-order valence-electron chi connectivity index (χ4n) is 2.86. The minimum absolute atomic E-state index is 0.0944. The second-order valence-electron chi connectivity index (χ2n) is 6.04. The Morgan fingerprint density at radius 3 is 2.90 bits per heavy atom. The van der Waals surface area contributed by atoms with Crippen LogP contribution in [0, 0.1) is 5.92 Å². The molecule has 1 amide bonds. The number of nitrogens with one attached hydrogen (secondary N) is 1. The van der Waals surface area contributed by atoms with Gasteiger partial charge < -0.3 is 16.0 Å². The first-order valence-corrected chi connectivity index (χ1v) is 7.31. The standard InChI is InChI=1S/C16H25N3O/c1-11-10-19(3)8-7-15(11)18-16(20)12(2)13-5-4-6-14(17)9-13/h4-6,9,11-12,15H,7-8,10,17H2,1-3H3,(H,18,20). The summed E-state index contributed by atoms with van der Waals surface area (Å²) < 4.78 is 0. The molecule has 2 rings (SSSR count). The molecular formula is C16H25N3O. The van der Waals surface area contributed by atoms with E-state index in [-0.39, 0.29) is 17.9 Å². The van der Waals surface area contributed by atoms with Crippen LogP contribution in [-0.4, -0.2) is 37.0 Å². The van der Waals surface area contributed by atoms with E-state index in [0.29, 0.717) is 11.6 Å². The van der Waals surface area contributed by atoms with Crippen molar-refractivity contribution < 1.29 is 4.79 Å². The number of carbonyl (C=O) groups excluding carboxylic acids is 1. The first-order chi connectivity index (χ1) is 9.47. The number of nitrogens with two attached hydrogens (primary N) is 1. The lowest BCUT2D eigenvalue weighted by molar-refractivity contribution is -0.123. The third-order valence-corrected chi connectivity index (χ3v) is 4.24. The zero-order valence-corrected chi connectivity index (χ0v) is 12.6. The van der Waals surface area contributed by atoms with Crippen LogP contribution in [0.2, 0.25) is 0 Å². The molecule has 0 aromatic heterocycles. The monoisotopic (exact) mass is 275 g/mol. The molecule has 0 bridgehead atoms. The smallest absolute Gasteiger partial charge is 0.227 e. The third-order valence-electron chi connectivity index (χ3n) is 4.24. The van der Waals surface area contributed by atoms with Gasteiger partial charge in [0, 0.05) is 18.3 Å². The van der Waals surface area contributed by atoms with Gasteiger partial charge in [-0.1, -0.05) is 19.1 Å². The Hall–Kier alpha value is -1.55. The number of piperidine rings is 1. The number of anilines is 1. The quantitative estimate of drug-likeness (QED) is 0.827. The first-order valence-electron chi connectivity index (χ1n) is 7.31. The van der Waals surface area contributed by atoms with Crippen molar-refractivity contribution in [3.8, 4) is 0 Å². The molecule has 3 atom stereocenters. The molecule has 1 aliphatic rings. The predicted octanol–water partition coefficient (Wildman–Crippen LogP) is 1.83. The third kappa shape index (κ3) is 3.51. The average Bonchev–Trinajstić information content (AvgIpc) is 2.41. The molecule has 4 heteroatoms. The average molecular weight is 275 g/mol. The predicted molar refractivity (Wildman–Crippen MR) is 82.5 cm³/mol. The molecule has 0 aliphatic carbocycles. The summed E-state index contributed by atoms with van der Waals surface area (Å²) in [6, 6.07) is 7.85. The van der Waals surface area contributed by atoms with E-state index < -0.39 is 0 Å². The number of rotatable bonds is 3. The lowest BCUT2D eigenvalue weighted by Crippen LogP contribution is -2.49. The molecule has 0 radical (unpaired) electrons. The van der Waals surface area contributed by atoms with Gasteiger partial charge in [-0.3, -0.25) is 4.79 Å². The molecule has 0 spiro atoms. The maximum absolute atomic E-state index is 12.4. The number of carbonyl (C=O) groups is 1. The number of likely N-dealkylation sites (tertiary alicyclic amines) is 1. The molecule has 3 N–H and O–H groups in total. The van der Waals surface area contributed by atoms with Gasteiger partial charge in [0.05, 0.1) is 5.92 Å². The highest BCUT2D eigenvalue weighted by atomic mass is 16.1. The van der Waals surface area contributed by atoms with Crippen LogP contribution in [0.25, 0.3) is 0 Å². The van der Waals surface area contributed by atoms with Crippen molar-refractivity contribution in [1.29, 1.82) is 0 Å². The maximum Gasteiger partial charge on any atom is 0.227 e. The van der Waals surface area contributed by atoms with Gasteiger partial charge >= 0.3 is 0 Å². The minimum atomic E-state index is -0.162. The van der Waals surface area contributed by atoms with E-state index >= 15 is 0 Å². The molecule has 1 heterocycles. The lowest BCUT2D eigenvalue weighted by Gasteiger charge is -2.35. The van der Waals surface area contributed by atoms with E-state index in [1.54, 1.807) is 0 Å². The van der Waals surface area contributed by atoms with E-state index in [0.717, 1.165) is 25.1 Å². The zero-order chi connectivity index (χ0) is 14.7. The van der Waals surface area contributed by atoms with Gasteiger partial charge in [0.1, 0.15) is 0 Å². The van der Waals surface area contributed by atoms with Crippen molar-refractivity contribution in [1.82, 2.24) is 10.2 Å². The summed E-state index contributed by atoms with van der Waals surface area (Å²) in [6.07, 6.45) is 1.02. The molecule has 1 aliphatic heterocycles. The van der Waals surface area contributed by atoms with Crippen molar-refractivity contribution in [2.75, 3.05) is 25.9 Å².